The minimum absolute atomic E-state index is 0.0698. The predicted octanol–water partition coefficient (Wildman–Crippen LogP) is 1.62. The Bertz CT molecular complexity index is 508. The number of morpholine rings is 1. The summed E-state index contributed by atoms with van der Waals surface area (Å²) >= 11 is 1.66. The van der Waals surface area contributed by atoms with Crippen LogP contribution in [0.4, 0.5) is 0 Å². The van der Waals surface area contributed by atoms with Gasteiger partial charge in [-0.15, -0.1) is 11.3 Å². The summed E-state index contributed by atoms with van der Waals surface area (Å²) in [6.07, 6.45) is 0. The van der Waals surface area contributed by atoms with Gasteiger partial charge in [-0.1, -0.05) is 0 Å². The molecule has 1 fully saturated rings. The van der Waals surface area contributed by atoms with E-state index in [0.717, 1.165) is 51.0 Å². The van der Waals surface area contributed by atoms with Gasteiger partial charge in [0.1, 0.15) is 0 Å². The maximum Gasteiger partial charge on any atom is 0.191 e. The molecule has 1 aromatic heterocycles. The van der Waals surface area contributed by atoms with Gasteiger partial charge in [0.15, 0.2) is 5.96 Å². The van der Waals surface area contributed by atoms with E-state index in [1.165, 1.54) is 4.88 Å². The largest absolute Gasteiger partial charge is 0.379 e. The highest BCUT2D eigenvalue weighted by atomic mass is 32.1. The van der Waals surface area contributed by atoms with Gasteiger partial charge in [-0.2, -0.15) is 0 Å². The van der Waals surface area contributed by atoms with Crippen LogP contribution >= 0.6 is 11.3 Å². The van der Waals surface area contributed by atoms with Crippen molar-refractivity contribution in [3.63, 3.8) is 0 Å². The third-order valence-electron chi connectivity index (χ3n) is 4.13. The summed E-state index contributed by atoms with van der Waals surface area (Å²) in [6, 6.07) is 0. The molecule has 6 nitrogen and oxygen atoms in total. The highest BCUT2D eigenvalue weighted by Crippen LogP contribution is 2.15. The molecule has 2 rings (SSSR count). The maximum absolute atomic E-state index is 5.45. The van der Waals surface area contributed by atoms with Crippen LogP contribution in [0.15, 0.2) is 10.5 Å². The van der Waals surface area contributed by atoms with Gasteiger partial charge in [0.25, 0.3) is 0 Å². The fourth-order valence-corrected chi connectivity index (χ4v) is 3.25. The summed E-state index contributed by atoms with van der Waals surface area (Å²) in [5.41, 5.74) is 3.02. The maximum atomic E-state index is 5.45. The summed E-state index contributed by atoms with van der Waals surface area (Å²) in [7, 11) is 0. The molecule has 23 heavy (non-hydrogen) atoms. The number of guanidine groups is 1. The number of hydrogen-bond acceptors (Lipinski definition) is 5. The predicted molar refractivity (Wildman–Crippen MR) is 96.1 cm³/mol. The van der Waals surface area contributed by atoms with E-state index in [2.05, 4.69) is 46.3 Å². The number of nitrogens with one attached hydrogen (secondary N) is 2. The lowest BCUT2D eigenvalue weighted by molar-refractivity contribution is -0.00834. The molecule has 0 amide bonds. The van der Waals surface area contributed by atoms with E-state index in [0.29, 0.717) is 6.54 Å². The Balaban J connectivity index is 1.91. The SMILES string of the molecule is CCNC(=NCc1scnc1C)NCC(C)(C)N1CCOCC1. The van der Waals surface area contributed by atoms with Crippen LogP contribution < -0.4 is 10.6 Å². The van der Waals surface area contributed by atoms with Gasteiger partial charge in [-0.05, 0) is 27.7 Å². The zero-order valence-corrected chi connectivity index (χ0v) is 15.5. The van der Waals surface area contributed by atoms with Crippen LogP contribution in [0.1, 0.15) is 31.3 Å². The van der Waals surface area contributed by atoms with E-state index >= 15 is 0 Å². The number of thiazole rings is 1. The average Bonchev–Trinajstić information content (AvgIpc) is 2.96. The quantitative estimate of drug-likeness (QED) is 0.609. The Kier molecular flexibility index (Phi) is 6.80. The number of rotatable bonds is 6. The number of ether oxygens (including phenoxy) is 1. The van der Waals surface area contributed by atoms with Gasteiger partial charge in [-0.3, -0.25) is 4.90 Å². The standard InChI is InChI=1S/C16H29N5OS/c1-5-17-15(18-10-14-13(2)20-12-23-14)19-11-16(3,4)21-6-8-22-9-7-21/h12H,5-11H2,1-4H3,(H2,17,18,19). The molecule has 130 valence electrons. The second-order valence-electron chi connectivity index (χ2n) is 6.32. The first-order chi connectivity index (χ1) is 11.0. The van der Waals surface area contributed by atoms with Crippen LogP contribution in [-0.2, 0) is 11.3 Å². The summed E-state index contributed by atoms with van der Waals surface area (Å²) in [6.45, 7) is 14.6. The summed E-state index contributed by atoms with van der Waals surface area (Å²) < 4.78 is 5.45. The monoisotopic (exact) mass is 339 g/mol. The zero-order chi connectivity index (χ0) is 16.7. The molecule has 0 unspecified atom stereocenters. The van der Waals surface area contributed by atoms with E-state index in [1.54, 1.807) is 11.3 Å². The minimum Gasteiger partial charge on any atom is -0.379 e. The van der Waals surface area contributed by atoms with Gasteiger partial charge < -0.3 is 15.4 Å². The van der Waals surface area contributed by atoms with E-state index in [4.69, 9.17) is 4.74 Å². The molecule has 0 spiro atoms. The topological polar surface area (TPSA) is 61.8 Å². The lowest BCUT2D eigenvalue weighted by Gasteiger charge is -2.41. The Morgan fingerprint density at radius 2 is 2.13 bits per heavy atom. The smallest absolute Gasteiger partial charge is 0.191 e. The summed E-state index contributed by atoms with van der Waals surface area (Å²) in [4.78, 5) is 12.7. The van der Waals surface area contributed by atoms with E-state index < -0.39 is 0 Å². The Morgan fingerprint density at radius 1 is 1.39 bits per heavy atom. The van der Waals surface area contributed by atoms with Crippen molar-refractivity contribution >= 4 is 17.3 Å². The second-order valence-corrected chi connectivity index (χ2v) is 7.26. The van der Waals surface area contributed by atoms with Crippen LogP contribution in [-0.4, -0.2) is 60.8 Å². The molecular formula is C16H29N5OS. The van der Waals surface area contributed by atoms with Crippen molar-refractivity contribution < 1.29 is 4.74 Å². The molecule has 0 aliphatic carbocycles. The molecular weight excluding hydrogens is 310 g/mol. The van der Waals surface area contributed by atoms with Crippen molar-refractivity contribution in [1.29, 1.82) is 0 Å². The molecule has 1 aliphatic heterocycles. The number of hydrogen-bond donors (Lipinski definition) is 2. The Hall–Kier alpha value is -1.18. The van der Waals surface area contributed by atoms with Crippen molar-refractivity contribution in [2.24, 2.45) is 4.99 Å². The molecule has 1 aliphatic rings. The molecule has 2 heterocycles. The van der Waals surface area contributed by atoms with Gasteiger partial charge in [0, 0.05) is 36.6 Å². The normalized spacial score (nSPS) is 17.3. The van der Waals surface area contributed by atoms with Crippen molar-refractivity contribution in [2.45, 2.75) is 39.8 Å². The first-order valence-electron chi connectivity index (χ1n) is 8.27. The second kappa shape index (κ2) is 8.61. The number of aromatic nitrogens is 1. The van der Waals surface area contributed by atoms with Crippen LogP contribution in [0.25, 0.3) is 0 Å². The molecule has 0 aromatic carbocycles. The van der Waals surface area contributed by atoms with Crippen molar-refractivity contribution in [1.82, 2.24) is 20.5 Å². The highest BCUT2D eigenvalue weighted by Gasteiger charge is 2.28. The van der Waals surface area contributed by atoms with Crippen molar-refractivity contribution in [3.8, 4) is 0 Å². The molecule has 0 saturated carbocycles. The van der Waals surface area contributed by atoms with Crippen LogP contribution in [0.2, 0.25) is 0 Å². The fourth-order valence-electron chi connectivity index (χ4n) is 2.55. The molecule has 0 atom stereocenters. The van der Waals surface area contributed by atoms with Gasteiger partial charge in [0.2, 0.25) is 0 Å². The van der Waals surface area contributed by atoms with Crippen molar-refractivity contribution in [3.05, 3.63) is 16.1 Å². The molecule has 0 bridgehead atoms. The third kappa shape index (κ3) is 5.44. The average molecular weight is 340 g/mol. The Labute approximate surface area is 143 Å². The molecule has 1 saturated heterocycles. The van der Waals surface area contributed by atoms with Crippen molar-refractivity contribution in [2.75, 3.05) is 39.4 Å². The molecule has 7 heteroatoms. The molecule has 0 radical (unpaired) electrons. The van der Waals surface area contributed by atoms with Crippen LogP contribution in [0.5, 0.6) is 0 Å². The fraction of sp³-hybridized carbons (Fsp3) is 0.750. The summed E-state index contributed by atoms with van der Waals surface area (Å²) in [5.74, 6) is 0.863. The Morgan fingerprint density at radius 3 is 2.74 bits per heavy atom. The van der Waals surface area contributed by atoms with E-state index in [9.17, 15) is 0 Å². The first-order valence-corrected chi connectivity index (χ1v) is 9.15. The lowest BCUT2D eigenvalue weighted by Crippen LogP contribution is -2.56. The number of aliphatic imine (C=N–C) groups is 1. The van der Waals surface area contributed by atoms with Gasteiger partial charge in [-0.25, -0.2) is 9.98 Å². The third-order valence-corrected chi connectivity index (χ3v) is 5.05. The highest BCUT2D eigenvalue weighted by molar-refractivity contribution is 7.09. The van der Waals surface area contributed by atoms with Gasteiger partial charge >= 0.3 is 0 Å². The van der Waals surface area contributed by atoms with Gasteiger partial charge in [0.05, 0.1) is 31.0 Å². The van der Waals surface area contributed by atoms with Crippen LogP contribution in [0.3, 0.4) is 0 Å². The molecule has 2 N–H and O–H groups in total. The number of nitrogens with zero attached hydrogens (tertiary/aromatic N) is 3. The van der Waals surface area contributed by atoms with E-state index in [-0.39, 0.29) is 5.54 Å². The lowest BCUT2D eigenvalue weighted by atomic mass is 10.0. The molecule has 1 aromatic rings. The zero-order valence-electron chi connectivity index (χ0n) is 14.7. The van der Waals surface area contributed by atoms with E-state index in [1.807, 2.05) is 12.4 Å². The summed E-state index contributed by atoms with van der Waals surface area (Å²) in [5, 5.41) is 6.80. The van der Waals surface area contributed by atoms with Crippen LogP contribution in [0, 0.1) is 6.92 Å². The first kappa shape index (κ1) is 18.2. The number of aryl methyl sites for hydroxylation is 1. The minimum atomic E-state index is 0.0698.